The molecular formula is C21H31ClN2O2. The monoisotopic (exact) mass is 378 g/mol. The third-order valence-electron chi connectivity index (χ3n) is 6.26. The molecule has 1 aromatic rings. The van der Waals surface area contributed by atoms with Gasteiger partial charge in [0, 0.05) is 24.1 Å². The number of methoxy groups -OCH3 is 1. The van der Waals surface area contributed by atoms with E-state index in [9.17, 15) is 4.79 Å². The molecule has 4 nitrogen and oxygen atoms in total. The largest absolute Gasteiger partial charge is 0.384 e. The second-order valence-electron chi connectivity index (χ2n) is 8.02. The van der Waals surface area contributed by atoms with Gasteiger partial charge in [-0.1, -0.05) is 43.0 Å². The van der Waals surface area contributed by atoms with Crippen molar-refractivity contribution in [1.29, 1.82) is 0 Å². The number of hydrogen-bond donors (Lipinski definition) is 2. The van der Waals surface area contributed by atoms with Gasteiger partial charge in [-0.3, -0.25) is 4.79 Å². The van der Waals surface area contributed by atoms with Crippen molar-refractivity contribution in [3.05, 3.63) is 34.9 Å². The van der Waals surface area contributed by atoms with E-state index < -0.39 is 5.41 Å². The van der Waals surface area contributed by atoms with Crippen molar-refractivity contribution < 1.29 is 9.53 Å². The Balaban J connectivity index is 1.77. The van der Waals surface area contributed by atoms with Crippen LogP contribution in [0.4, 0.5) is 0 Å². The summed E-state index contributed by atoms with van der Waals surface area (Å²) in [7, 11) is 1.75. The number of ether oxygens (including phenoxy) is 1. The first kappa shape index (κ1) is 19.7. The summed E-state index contributed by atoms with van der Waals surface area (Å²) < 4.78 is 5.49. The molecule has 2 N–H and O–H groups in total. The fraction of sp³-hybridized carbons (Fsp3) is 0.667. The Hall–Kier alpha value is -1.10. The Labute approximate surface area is 162 Å². The summed E-state index contributed by atoms with van der Waals surface area (Å²) in [6.45, 7) is 3.35. The van der Waals surface area contributed by atoms with E-state index in [1.165, 1.54) is 6.42 Å². The van der Waals surface area contributed by atoms with E-state index >= 15 is 0 Å². The molecule has 0 radical (unpaired) electrons. The Morgan fingerprint density at radius 3 is 2.58 bits per heavy atom. The van der Waals surface area contributed by atoms with Gasteiger partial charge in [-0.15, -0.1) is 0 Å². The van der Waals surface area contributed by atoms with Crippen molar-refractivity contribution in [3.8, 4) is 0 Å². The molecule has 1 saturated heterocycles. The SMILES string of the molecule is COCC1(CNC(=O)C2(c3cccc(Cl)c3)CCCCC2)CCNCC1. The van der Waals surface area contributed by atoms with E-state index in [0.717, 1.165) is 57.2 Å². The molecule has 144 valence electrons. The molecule has 0 unspecified atom stereocenters. The first-order valence-electron chi connectivity index (χ1n) is 9.84. The molecule has 1 aromatic carbocycles. The minimum absolute atomic E-state index is 0.0415. The highest BCUT2D eigenvalue weighted by Crippen LogP contribution is 2.41. The van der Waals surface area contributed by atoms with Gasteiger partial charge in [0.1, 0.15) is 0 Å². The lowest BCUT2D eigenvalue weighted by Crippen LogP contribution is -2.52. The Bertz CT molecular complexity index is 602. The van der Waals surface area contributed by atoms with Crippen molar-refractivity contribution in [2.24, 2.45) is 5.41 Å². The molecule has 0 spiro atoms. The van der Waals surface area contributed by atoms with E-state index in [4.69, 9.17) is 16.3 Å². The van der Waals surface area contributed by atoms with Crippen LogP contribution in [0.3, 0.4) is 0 Å². The van der Waals surface area contributed by atoms with Crippen LogP contribution < -0.4 is 10.6 Å². The predicted molar refractivity (Wildman–Crippen MR) is 106 cm³/mol. The standard InChI is InChI=1S/C21H31ClN2O2/c1-26-16-20(10-12-23-13-11-20)15-24-19(25)21(8-3-2-4-9-21)17-6-5-7-18(22)14-17/h5-7,14,23H,2-4,8-13,15-16H2,1H3,(H,24,25). The van der Waals surface area contributed by atoms with Crippen molar-refractivity contribution in [2.75, 3.05) is 33.4 Å². The summed E-state index contributed by atoms with van der Waals surface area (Å²) in [4.78, 5) is 13.4. The van der Waals surface area contributed by atoms with Crippen LogP contribution in [0.2, 0.25) is 5.02 Å². The second kappa shape index (κ2) is 8.73. The molecule has 0 aromatic heterocycles. The van der Waals surface area contributed by atoms with E-state index in [2.05, 4.69) is 16.7 Å². The average Bonchev–Trinajstić information content (AvgIpc) is 2.68. The summed E-state index contributed by atoms with van der Waals surface area (Å²) in [5.41, 5.74) is 0.665. The number of halogens is 1. The molecule has 5 heteroatoms. The molecule has 0 atom stereocenters. The molecule has 1 amide bonds. The number of piperidine rings is 1. The number of rotatable bonds is 6. The molecule has 1 saturated carbocycles. The van der Waals surface area contributed by atoms with E-state index in [1.54, 1.807) is 7.11 Å². The van der Waals surface area contributed by atoms with Crippen LogP contribution in [0.5, 0.6) is 0 Å². The smallest absolute Gasteiger partial charge is 0.230 e. The molecule has 26 heavy (non-hydrogen) atoms. The number of carbonyl (C=O) groups excluding carboxylic acids is 1. The second-order valence-corrected chi connectivity index (χ2v) is 8.46. The topological polar surface area (TPSA) is 50.4 Å². The van der Waals surface area contributed by atoms with Gasteiger partial charge < -0.3 is 15.4 Å². The first-order valence-corrected chi connectivity index (χ1v) is 10.2. The van der Waals surface area contributed by atoms with Crippen LogP contribution in [-0.4, -0.2) is 39.3 Å². The highest BCUT2D eigenvalue weighted by atomic mass is 35.5. The van der Waals surface area contributed by atoms with Gasteiger partial charge in [0.2, 0.25) is 5.91 Å². The molecule has 1 heterocycles. The molecule has 1 aliphatic heterocycles. The molecule has 2 aliphatic rings. The van der Waals surface area contributed by atoms with E-state index in [1.807, 2.05) is 18.2 Å². The lowest BCUT2D eigenvalue weighted by atomic mass is 9.68. The van der Waals surface area contributed by atoms with Gasteiger partial charge in [-0.05, 0) is 56.5 Å². The Morgan fingerprint density at radius 2 is 1.92 bits per heavy atom. The first-order chi connectivity index (χ1) is 12.6. The number of nitrogens with one attached hydrogen (secondary N) is 2. The maximum atomic E-state index is 13.4. The van der Waals surface area contributed by atoms with Crippen LogP contribution in [0.15, 0.2) is 24.3 Å². The quantitative estimate of drug-likeness (QED) is 0.794. The van der Waals surface area contributed by atoms with Gasteiger partial charge in [0.05, 0.1) is 12.0 Å². The summed E-state index contributed by atoms with van der Waals surface area (Å²) in [6, 6.07) is 7.87. The van der Waals surface area contributed by atoms with Crippen LogP contribution in [0.1, 0.15) is 50.5 Å². The van der Waals surface area contributed by atoms with E-state index in [0.29, 0.717) is 18.2 Å². The molecule has 1 aliphatic carbocycles. The van der Waals surface area contributed by atoms with Gasteiger partial charge in [-0.2, -0.15) is 0 Å². The number of amides is 1. The number of hydrogen-bond acceptors (Lipinski definition) is 3. The zero-order valence-corrected chi connectivity index (χ0v) is 16.5. The average molecular weight is 379 g/mol. The van der Waals surface area contributed by atoms with Crippen LogP contribution in [-0.2, 0) is 14.9 Å². The summed E-state index contributed by atoms with van der Waals surface area (Å²) in [5, 5.41) is 7.43. The lowest BCUT2D eigenvalue weighted by Gasteiger charge is -2.40. The van der Waals surface area contributed by atoms with Crippen LogP contribution in [0, 0.1) is 5.41 Å². The Kier molecular flexibility index (Phi) is 6.60. The highest BCUT2D eigenvalue weighted by molar-refractivity contribution is 6.30. The third kappa shape index (κ3) is 4.24. The summed E-state index contributed by atoms with van der Waals surface area (Å²) in [5.74, 6) is 0.161. The zero-order chi connectivity index (χ0) is 18.5. The van der Waals surface area contributed by atoms with Crippen molar-refractivity contribution in [2.45, 2.75) is 50.4 Å². The number of benzene rings is 1. The van der Waals surface area contributed by atoms with Gasteiger partial charge in [0.15, 0.2) is 0 Å². The van der Waals surface area contributed by atoms with Crippen molar-refractivity contribution in [3.63, 3.8) is 0 Å². The normalized spacial score (nSPS) is 21.9. The van der Waals surface area contributed by atoms with Gasteiger partial charge in [-0.25, -0.2) is 0 Å². The van der Waals surface area contributed by atoms with Crippen molar-refractivity contribution in [1.82, 2.24) is 10.6 Å². The van der Waals surface area contributed by atoms with Gasteiger partial charge in [0.25, 0.3) is 0 Å². The lowest BCUT2D eigenvalue weighted by molar-refractivity contribution is -0.129. The van der Waals surface area contributed by atoms with Crippen LogP contribution >= 0.6 is 11.6 Å². The third-order valence-corrected chi connectivity index (χ3v) is 6.49. The molecule has 0 bridgehead atoms. The summed E-state index contributed by atoms with van der Waals surface area (Å²) in [6.07, 6.45) is 7.25. The maximum absolute atomic E-state index is 13.4. The van der Waals surface area contributed by atoms with Crippen molar-refractivity contribution >= 4 is 17.5 Å². The molecular weight excluding hydrogens is 348 g/mol. The minimum atomic E-state index is -0.440. The maximum Gasteiger partial charge on any atom is 0.230 e. The molecule has 2 fully saturated rings. The van der Waals surface area contributed by atoms with E-state index in [-0.39, 0.29) is 11.3 Å². The fourth-order valence-corrected chi connectivity index (χ4v) is 4.85. The van der Waals surface area contributed by atoms with Crippen LogP contribution in [0.25, 0.3) is 0 Å². The summed E-state index contributed by atoms with van der Waals surface area (Å²) >= 11 is 6.24. The highest BCUT2D eigenvalue weighted by Gasteiger charge is 2.42. The fourth-order valence-electron chi connectivity index (χ4n) is 4.66. The Morgan fingerprint density at radius 1 is 1.19 bits per heavy atom. The minimum Gasteiger partial charge on any atom is -0.384 e. The van der Waals surface area contributed by atoms with Gasteiger partial charge >= 0.3 is 0 Å². The number of carbonyl (C=O) groups is 1. The zero-order valence-electron chi connectivity index (χ0n) is 15.8. The predicted octanol–water partition coefficient (Wildman–Crippen LogP) is 3.67. The molecule has 3 rings (SSSR count).